The molecular weight excluding hydrogens is 320 g/mol. The van der Waals surface area contributed by atoms with Crippen molar-refractivity contribution in [3.63, 3.8) is 0 Å². The minimum atomic E-state index is 0.177. The Morgan fingerprint density at radius 2 is 2.05 bits per heavy atom. The van der Waals surface area contributed by atoms with Gasteiger partial charge in [-0.1, -0.05) is 19.3 Å². The van der Waals surface area contributed by atoms with Crippen LogP contribution in [0.15, 0.2) is 0 Å². The van der Waals surface area contributed by atoms with Crippen LogP contribution in [-0.4, -0.2) is 63.6 Å². The fourth-order valence-corrected chi connectivity index (χ4v) is 7.67. The van der Waals surface area contributed by atoms with Crippen LogP contribution in [0.3, 0.4) is 0 Å². The summed E-state index contributed by atoms with van der Waals surface area (Å²) in [4.78, 5) is 14.5. The molecule has 3 rings (SSSR count). The van der Waals surface area contributed by atoms with Crippen LogP contribution in [0.2, 0.25) is 0 Å². The molecule has 0 aromatic rings. The third-order valence-electron chi connectivity index (χ3n) is 4.67. The largest absolute Gasteiger partial charge is 0.337 e. The SMILES string of the molecule is O=C(NCC1CSCCS1)N1CCSC2(CCCCC2)C1. The molecule has 3 fully saturated rings. The van der Waals surface area contributed by atoms with E-state index in [1.165, 1.54) is 49.4 Å². The van der Waals surface area contributed by atoms with Crippen molar-refractivity contribution in [2.75, 3.05) is 42.6 Å². The average Bonchev–Trinajstić information content (AvgIpc) is 2.54. The molecule has 3 aliphatic rings. The second kappa shape index (κ2) is 7.73. The molecule has 2 aliphatic heterocycles. The van der Waals surface area contributed by atoms with E-state index in [9.17, 15) is 4.79 Å². The normalized spacial score (nSPS) is 29.3. The number of hydrogen-bond donors (Lipinski definition) is 1. The summed E-state index contributed by atoms with van der Waals surface area (Å²) >= 11 is 6.16. The second-order valence-corrected chi connectivity index (χ2v) is 10.4. The lowest BCUT2D eigenvalue weighted by atomic mass is 9.87. The van der Waals surface area contributed by atoms with Crippen LogP contribution in [0.1, 0.15) is 32.1 Å². The van der Waals surface area contributed by atoms with Crippen LogP contribution < -0.4 is 5.32 Å². The van der Waals surface area contributed by atoms with Gasteiger partial charge in [0.1, 0.15) is 0 Å². The van der Waals surface area contributed by atoms with Crippen LogP contribution in [0.25, 0.3) is 0 Å². The maximum absolute atomic E-state index is 12.5. The summed E-state index contributed by atoms with van der Waals surface area (Å²) in [7, 11) is 0. The third kappa shape index (κ3) is 4.41. The summed E-state index contributed by atoms with van der Waals surface area (Å²) in [6.45, 7) is 2.73. The zero-order chi connectivity index (χ0) is 14.5. The van der Waals surface area contributed by atoms with E-state index >= 15 is 0 Å². The van der Waals surface area contributed by atoms with E-state index in [1.807, 2.05) is 23.5 Å². The molecule has 1 spiro atoms. The van der Waals surface area contributed by atoms with Crippen molar-refractivity contribution in [3.8, 4) is 0 Å². The van der Waals surface area contributed by atoms with Crippen LogP contribution in [0.5, 0.6) is 0 Å². The van der Waals surface area contributed by atoms with E-state index < -0.39 is 0 Å². The van der Waals surface area contributed by atoms with Gasteiger partial charge in [0.05, 0.1) is 0 Å². The minimum absolute atomic E-state index is 0.177. The molecule has 1 unspecified atom stereocenters. The quantitative estimate of drug-likeness (QED) is 0.831. The Hall–Kier alpha value is 0.320. The van der Waals surface area contributed by atoms with Gasteiger partial charge < -0.3 is 10.2 Å². The fourth-order valence-electron chi connectivity index (χ4n) is 3.48. The molecule has 1 saturated carbocycles. The van der Waals surface area contributed by atoms with E-state index in [0.717, 1.165) is 25.4 Å². The predicted octanol–water partition coefficient (Wildman–Crippen LogP) is 3.30. The van der Waals surface area contributed by atoms with Gasteiger partial charge in [-0.25, -0.2) is 4.79 Å². The van der Waals surface area contributed by atoms with Gasteiger partial charge in [-0.15, -0.1) is 0 Å². The number of amides is 2. The Morgan fingerprint density at radius 1 is 1.19 bits per heavy atom. The second-order valence-electron chi connectivity index (χ2n) is 6.27. The highest BCUT2D eigenvalue weighted by Gasteiger charge is 2.38. The van der Waals surface area contributed by atoms with Crippen molar-refractivity contribution in [2.45, 2.75) is 42.1 Å². The zero-order valence-electron chi connectivity index (χ0n) is 12.6. The van der Waals surface area contributed by atoms with Gasteiger partial charge >= 0.3 is 6.03 Å². The van der Waals surface area contributed by atoms with E-state index in [1.54, 1.807) is 0 Å². The zero-order valence-corrected chi connectivity index (χ0v) is 15.1. The molecule has 2 saturated heterocycles. The van der Waals surface area contributed by atoms with Gasteiger partial charge in [0.2, 0.25) is 0 Å². The topological polar surface area (TPSA) is 32.3 Å². The van der Waals surface area contributed by atoms with Crippen LogP contribution in [0, 0.1) is 0 Å². The number of urea groups is 1. The summed E-state index contributed by atoms with van der Waals surface area (Å²) in [6.07, 6.45) is 6.68. The Labute approximate surface area is 141 Å². The summed E-state index contributed by atoms with van der Waals surface area (Å²) in [5.74, 6) is 4.79. The maximum atomic E-state index is 12.5. The molecular formula is C15H26N2OS3. The van der Waals surface area contributed by atoms with Crippen molar-refractivity contribution in [1.82, 2.24) is 10.2 Å². The average molecular weight is 347 g/mol. The van der Waals surface area contributed by atoms with Gasteiger partial charge in [0, 0.05) is 52.6 Å². The summed E-state index contributed by atoms with van der Waals surface area (Å²) in [5.41, 5.74) is 0. The summed E-state index contributed by atoms with van der Waals surface area (Å²) in [5, 5.41) is 3.79. The lowest BCUT2D eigenvalue weighted by Crippen LogP contribution is -2.53. The Bertz CT molecular complexity index is 349. The molecule has 1 aliphatic carbocycles. The molecule has 1 atom stereocenters. The Balaban J connectivity index is 1.47. The van der Waals surface area contributed by atoms with Crippen molar-refractivity contribution in [3.05, 3.63) is 0 Å². The van der Waals surface area contributed by atoms with Crippen molar-refractivity contribution in [1.29, 1.82) is 0 Å². The van der Waals surface area contributed by atoms with Crippen LogP contribution >= 0.6 is 35.3 Å². The molecule has 0 aromatic heterocycles. The minimum Gasteiger partial charge on any atom is -0.337 e. The number of thioether (sulfide) groups is 3. The lowest BCUT2D eigenvalue weighted by Gasteiger charge is -2.44. The van der Waals surface area contributed by atoms with Crippen LogP contribution in [-0.2, 0) is 0 Å². The molecule has 0 aromatic carbocycles. The Kier molecular flexibility index (Phi) is 5.96. The van der Waals surface area contributed by atoms with Gasteiger partial charge in [0.25, 0.3) is 0 Å². The van der Waals surface area contributed by atoms with Gasteiger partial charge in [-0.05, 0) is 12.8 Å². The first-order chi connectivity index (χ1) is 10.3. The van der Waals surface area contributed by atoms with Crippen molar-refractivity contribution in [2.24, 2.45) is 0 Å². The van der Waals surface area contributed by atoms with Crippen LogP contribution in [0.4, 0.5) is 4.79 Å². The lowest BCUT2D eigenvalue weighted by molar-refractivity contribution is 0.185. The first-order valence-electron chi connectivity index (χ1n) is 8.14. The molecule has 2 heterocycles. The van der Waals surface area contributed by atoms with Crippen molar-refractivity contribution < 1.29 is 4.79 Å². The smallest absolute Gasteiger partial charge is 0.317 e. The van der Waals surface area contributed by atoms with Gasteiger partial charge in [0.15, 0.2) is 0 Å². The third-order valence-corrected chi connectivity index (χ3v) is 9.05. The van der Waals surface area contributed by atoms with E-state index in [-0.39, 0.29) is 6.03 Å². The molecule has 0 radical (unpaired) electrons. The molecule has 21 heavy (non-hydrogen) atoms. The van der Waals surface area contributed by atoms with Gasteiger partial charge in [-0.2, -0.15) is 35.3 Å². The number of nitrogens with zero attached hydrogens (tertiary/aromatic N) is 1. The number of carbonyl (C=O) groups excluding carboxylic acids is 1. The number of rotatable bonds is 2. The van der Waals surface area contributed by atoms with E-state index in [4.69, 9.17) is 0 Å². The standard InChI is InChI=1S/C15H26N2OS3/c18-14(16-10-13-11-19-8-9-20-13)17-6-7-21-15(12-17)4-2-1-3-5-15/h13H,1-12H2,(H,16,18). The summed E-state index contributed by atoms with van der Waals surface area (Å²) < 4.78 is 0.378. The highest BCUT2D eigenvalue weighted by atomic mass is 32.2. The highest BCUT2D eigenvalue weighted by molar-refractivity contribution is 8.06. The molecule has 6 heteroatoms. The number of hydrogen-bond acceptors (Lipinski definition) is 4. The fraction of sp³-hybridized carbons (Fsp3) is 0.933. The molecule has 1 N–H and O–H groups in total. The molecule has 0 bridgehead atoms. The maximum Gasteiger partial charge on any atom is 0.317 e. The highest BCUT2D eigenvalue weighted by Crippen LogP contribution is 2.42. The van der Waals surface area contributed by atoms with Crippen molar-refractivity contribution >= 4 is 41.3 Å². The first kappa shape index (κ1) is 16.2. The molecule has 3 nitrogen and oxygen atoms in total. The molecule has 2 amide bonds. The van der Waals surface area contributed by atoms with E-state index in [2.05, 4.69) is 22.0 Å². The monoisotopic (exact) mass is 346 g/mol. The van der Waals surface area contributed by atoms with Gasteiger partial charge in [-0.3, -0.25) is 0 Å². The summed E-state index contributed by atoms with van der Waals surface area (Å²) in [6, 6.07) is 0.177. The van der Waals surface area contributed by atoms with E-state index in [0.29, 0.717) is 10.00 Å². The Morgan fingerprint density at radius 3 is 2.81 bits per heavy atom. The number of carbonyl (C=O) groups is 1. The molecule has 120 valence electrons. The number of nitrogens with one attached hydrogen (secondary N) is 1. The first-order valence-corrected chi connectivity index (χ1v) is 11.3. The predicted molar refractivity (Wildman–Crippen MR) is 96.8 cm³/mol.